The van der Waals surface area contributed by atoms with Crippen LogP contribution >= 0.6 is 46.4 Å². The number of nitrogens with zero attached hydrogens (tertiary/aromatic N) is 2. The number of carbonyl (C=O) groups is 2. The van der Waals surface area contributed by atoms with Crippen molar-refractivity contribution in [3.8, 4) is 0 Å². The average molecular weight is 597 g/mol. The van der Waals surface area contributed by atoms with Crippen LogP contribution in [0.3, 0.4) is 0 Å². The molecule has 1 unspecified atom stereocenters. The highest BCUT2D eigenvalue weighted by molar-refractivity contribution is 7.92. The number of carbonyl (C=O) groups excluding carboxylic acids is 2. The molecule has 12 heteroatoms. The maximum absolute atomic E-state index is 13.7. The second kappa shape index (κ2) is 13.7. The summed E-state index contributed by atoms with van der Waals surface area (Å²) in [6.07, 6.45) is 2.94. The topological polar surface area (TPSA) is 86.8 Å². The number of anilines is 1. The molecule has 198 valence electrons. The van der Waals surface area contributed by atoms with Crippen LogP contribution < -0.4 is 9.62 Å². The minimum atomic E-state index is -3.94. The summed E-state index contributed by atoms with van der Waals surface area (Å²) in [4.78, 5) is 28.1. The summed E-state index contributed by atoms with van der Waals surface area (Å²) >= 11 is 24.7. The summed E-state index contributed by atoms with van der Waals surface area (Å²) in [5, 5.41) is 3.95. The van der Waals surface area contributed by atoms with Crippen LogP contribution in [-0.4, -0.2) is 50.5 Å². The van der Waals surface area contributed by atoms with Crippen LogP contribution in [0.5, 0.6) is 0 Å². The van der Waals surface area contributed by atoms with Crippen molar-refractivity contribution in [3.05, 3.63) is 62.1 Å². The van der Waals surface area contributed by atoms with E-state index in [0.717, 1.165) is 23.4 Å². The summed E-state index contributed by atoms with van der Waals surface area (Å²) in [6.45, 7) is 3.61. The van der Waals surface area contributed by atoms with E-state index in [9.17, 15) is 18.0 Å². The molecule has 2 rings (SSSR count). The molecule has 1 atom stereocenters. The summed E-state index contributed by atoms with van der Waals surface area (Å²) in [5.74, 6) is -0.948. The molecule has 0 aliphatic rings. The standard InChI is InChI=1S/C24H29Cl4N3O4S/c1-4-6-11-29-24(33)21(5-2)30(14-16-7-8-17(25)12-20(16)28)23(32)15-31(36(3,34)35)22-13-18(26)9-10-19(22)27/h7-10,12-13,21H,4-6,11,14-15H2,1-3H3,(H,29,33). The quantitative estimate of drug-likeness (QED) is 0.314. The summed E-state index contributed by atoms with van der Waals surface area (Å²) in [7, 11) is -3.94. The van der Waals surface area contributed by atoms with Crippen LogP contribution in [0.1, 0.15) is 38.7 Å². The Morgan fingerprint density at radius 3 is 2.19 bits per heavy atom. The van der Waals surface area contributed by atoms with Crippen molar-refractivity contribution in [1.29, 1.82) is 0 Å². The molecule has 0 aliphatic heterocycles. The van der Waals surface area contributed by atoms with Gasteiger partial charge in [0, 0.05) is 28.2 Å². The van der Waals surface area contributed by atoms with Gasteiger partial charge in [0.1, 0.15) is 12.6 Å². The van der Waals surface area contributed by atoms with E-state index in [1.165, 1.54) is 29.2 Å². The molecule has 0 saturated heterocycles. The van der Waals surface area contributed by atoms with E-state index in [1.807, 2.05) is 6.92 Å². The number of unbranched alkanes of at least 4 members (excludes halogenated alkanes) is 1. The van der Waals surface area contributed by atoms with E-state index in [0.29, 0.717) is 28.6 Å². The lowest BCUT2D eigenvalue weighted by atomic mass is 10.1. The third-order valence-corrected chi connectivity index (χ3v) is 7.70. The Bertz CT molecular complexity index is 1190. The average Bonchev–Trinajstić information content (AvgIpc) is 2.79. The number of hydrogen-bond acceptors (Lipinski definition) is 4. The van der Waals surface area contributed by atoms with Gasteiger partial charge < -0.3 is 10.2 Å². The Labute approximate surface area is 232 Å². The maximum atomic E-state index is 13.7. The Kier molecular flexibility index (Phi) is 11.6. The van der Waals surface area contributed by atoms with Gasteiger partial charge in [-0.3, -0.25) is 13.9 Å². The Hall–Kier alpha value is -1.71. The second-order valence-corrected chi connectivity index (χ2v) is 11.8. The monoisotopic (exact) mass is 595 g/mol. The van der Waals surface area contributed by atoms with Gasteiger partial charge in [0.05, 0.1) is 17.0 Å². The highest BCUT2D eigenvalue weighted by Crippen LogP contribution is 2.31. The second-order valence-electron chi connectivity index (χ2n) is 8.19. The lowest BCUT2D eigenvalue weighted by Crippen LogP contribution is -2.52. The molecule has 1 N–H and O–H groups in total. The van der Waals surface area contributed by atoms with E-state index in [2.05, 4.69) is 5.32 Å². The van der Waals surface area contributed by atoms with E-state index in [-0.39, 0.29) is 28.2 Å². The SMILES string of the molecule is CCCCNC(=O)C(CC)N(Cc1ccc(Cl)cc1Cl)C(=O)CN(c1cc(Cl)ccc1Cl)S(C)(=O)=O. The van der Waals surface area contributed by atoms with Crippen LogP contribution in [0.2, 0.25) is 20.1 Å². The molecule has 2 amide bonds. The zero-order chi connectivity index (χ0) is 27.0. The number of benzene rings is 2. The Morgan fingerprint density at radius 2 is 1.61 bits per heavy atom. The van der Waals surface area contributed by atoms with Gasteiger partial charge in [0.2, 0.25) is 21.8 Å². The van der Waals surface area contributed by atoms with Gasteiger partial charge in [-0.25, -0.2) is 8.42 Å². The van der Waals surface area contributed by atoms with Crippen molar-refractivity contribution in [1.82, 2.24) is 10.2 Å². The molecule has 0 fully saturated rings. The third-order valence-electron chi connectivity index (χ3n) is 5.43. The van der Waals surface area contributed by atoms with Gasteiger partial charge in [0.25, 0.3) is 0 Å². The van der Waals surface area contributed by atoms with E-state index in [4.69, 9.17) is 46.4 Å². The van der Waals surface area contributed by atoms with Crippen LogP contribution in [0, 0.1) is 0 Å². The molecule has 7 nitrogen and oxygen atoms in total. The molecule has 2 aromatic carbocycles. The predicted molar refractivity (Wildman–Crippen MR) is 148 cm³/mol. The highest BCUT2D eigenvalue weighted by Gasteiger charge is 2.32. The molecule has 0 aliphatic carbocycles. The number of nitrogens with one attached hydrogen (secondary N) is 1. The van der Waals surface area contributed by atoms with Crippen LogP contribution in [-0.2, 0) is 26.2 Å². The van der Waals surface area contributed by atoms with Gasteiger partial charge in [0.15, 0.2) is 0 Å². The zero-order valence-corrected chi connectivity index (χ0v) is 24.1. The maximum Gasteiger partial charge on any atom is 0.244 e. The zero-order valence-electron chi connectivity index (χ0n) is 20.2. The lowest BCUT2D eigenvalue weighted by Gasteiger charge is -2.33. The van der Waals surface area contributed by atoms with Gasteiger partial charge in [-0.2, -0.15) is 0 Å². The van der Waals surface area contributed by atoms with Crippen molar-refractivity contribution in [3.63, 3.8) is 0 Å². The molecular formula is C24H29Cl4N3O4S. The van der Waals surface area contributed by atoms with Crippen LogP contribution in [0.4, 0.5) is 5.69 Å². The summed E-state index contributed by atoms with van der Waals surface area (Å²) in [5.41, 5.74) is 0.617. The van der Waals surface area contributed by atoms with Gasteiger partial charge >= 0.3 is 0 Å². The molecule has 0 aromatic heterocycles. The fourth-order valence-corrected chi connectivity index (χ4v) is 5.29. The minimum absolute atomic E-state index is 0.0323. The highest BCUT2D eigenvalue weighted by atomic mass is 35.5. The number of amides is 2. The largest absolute Gasteiger partial charge is 0.354 e. The van der Waals surface area contributed by atoms with Crippen molar-refractivity contribution >= 4 is 73.9 Å². The molecule has 36 heavy (non-hydrogen) atoms. The first-order valence-corrected chi connectivity index (χ1v) is 14.7. The molecule has 0 heterocycles. The van der Waals surface area contributed by atoms with Gasteiger partial charge in [-0.05, 0) is 48.7 Å². The van der Waals surface area contributed by atoms with Crippen LogP contribution in [0.25, 0.3) is 0 Å². The third kappa shape index (κ3) is 8.42. The number of rotatable bonds is 12. The normalized spacial score (nSPS) is 12.2. The number of sulfonamides is 1. The van der Waals surface area contributed by atoms with E-state index >= 15 is 0 Å². The first-order chi connectivity index (χ1) is 16.9. The molecule has 0 radical (unpaired) electrons. The lowest BCUT2D eigenvalue weighted by molar-refractivity contribution is -0.140. The smallest absolute Gasteiger partial charge is 0.244 e. The van der Waals surface area contributed by atoms with Crippen molar-refractivity contribution in [2.45, 2.75) is 45.7 Å². The first kappa shape index (κ1) is 30.5. The summed E-state index contributed by atoms with van der Waals surface area (Å²) in [6, 6.07) is 8.29. The number of hydrogen-bond donors (Lipinski definition) is 1. The van der Waals surface area contributed by atoms with Crippen molar-refractivity contribution < 1.29 is 18.0 Å². The minimum Gasteiger partial charge on any atom is -0.354 e. The molecular weight excluding hydrogens is 568 g/mol. The van der Waals surface area contributed by atoms with Crippen molar-refractivity contribution in [2.24, 2.45) is 0 Å². The molecule has 0 spiro atoms. The van der Waals surface area contributed by atoms with Crippen molar-refractivity contribution in [2.75, 3.05) is 23.7 Å². The Morgan fingerprint density at radius 1 is 0.972 bits per heavy atom. The predicted octanol–water partition coefficient (Wildman–Crippen LogP) is 5.79. The van der Waals surface area contributed by atoms with Gasteiger partial charge in [-0.1, -0.05) is 72.7 Å². The van der Waals surface area contributed by atoms with Crippen LogP contribution in [0.15, 0.2) is 36.4 Å². The fourth-order valence-electron chi connectivity index (χ4n) is 3.53. The van der Waals surface area contributed by atoms with E-state index < -0.39 is 28.5 Å². The number of halogens is 4. The molecule has 0 bridgehead atoms. The molecule has 0 saturated carbocycles. The fraction of sp³-hybridized carbons (Fsp3) is 0.417. The van der Waals surface area contributed by atoms with Gasteiger partial charge in [-0.15, -0.1) is 0 Å². The summed E-state index contributed by atoms with van der Waals surface area (Å²) < 4.78 is 26.3. The molecule has 2 aromatic rings. The van der Waals surface area contributed by atoms with E-state index in [1.54, 1.807) is 19.1 Å². The Balaban J connectivity index is 2.48. The first-order valence-electron chi connectivity index (χ1n) is 11.3.